The van der Waals surface area contributed by atoms with Crippen molar-refractivity contribution < 1.29 is 4.79 Å². The number of rotatable bonds is 7. The number of hydrogen-bond acceptors (Lipinski definition) is 3. The summed E-state index contributed by atoms with van der Waals surface area (Å²) in [7, 11) is 2.04. The van der Waals surface area contributed by atoms with Gasteiger partial charge in [-0.2, -0.15) is 0 Å². The number of aromatic nitrogens is 1. The van der Waals surface area contributed by atoms with E-state index >= 15 is 0 Å². The lowest BCUT2D eigenvalue weighted by Crippen LogP contribution is -2.20. The van der Waals surface area contributed by atoms with Gasteiger partial charge in [0.15, 0.2) is 0 Å². The van der Waals surface area contributed by atoms with E-state index in [0.717, 1.165) is 42.7 Å². The van der Waals surface area contributed by atoms with E-state index in [-0.39, 0.29) is 5.91 Å². The van der Waals surface area contributed by atoms with Gasteiger partial charge < -0.3 is 10.2 Å². The number of nitrogens with zero attached hydrogens (tertiary/aromatic N) is 2. The highest BCUT2D eigenvalue weighted by Gasteiger charge is 2.11. The fourth-order valence-electron chi connectivity index (χ4n) is 2.44. The van der Waals surface area contributed by atoms with E-state index in [9.17, 15) is 4.79 Å². The summed E-state index contributed by atoms with van der Waals surface area (Å²) in [5.74, 6) is -0.170. The molecule has 0 aliphatic heterocycles. The first-order chi connectivity index (χ1) is 11.2. The van der Waals surface area contributed by atoms with Gasteiger partial charge in [0.05, 0.1) is 0 Å². The number of amides is 1. The summed E-state index contributed by atoms with van der Waals surface area (Å²) in [5, 5.41) is 2.97. The molecule has 4 heteroatoms. The number of nitrogens with one attached hydrogen (secondary N) is 1. The minimum absolute atomic E-state index is 0.170. The SMILES string of the molecule is CCCCN(C)c1ccnc(C(=O)Nc2ccccc2CC)c1. The van der Waals surface area contributed by atoms with Crippen LogP contribution in [0.2, 0.25) is 0 Å². The molecule has 2 aromatic rings. The maximum absolute atomic E-state index is 12.5. The second-order valence-corrected chi connectivity index (χ2v) is 5.64. The zero-order valence-electron chi connectivity index (χ0n) is 14.2. The minimum atomic E-state index is -0.170. The summed E-state index contributed by atoms with van der Waals surface area (Å²) in [6.07, 6.45) is 4.85. The van der Waals surface area contributed by atoms with Crippen LogP contribution in [-0.2, 0) is 6.42 Å². The van der Waals surface area contributed by atoms with E-state index in [1.807, 2.05) is 43.4 Å². The third-order valence-corrected chi connectivity index (χ3v) is 3.91. The summed E-state index contributed by atoms with van der Waals surface area (Å²) in [5.41, 5.74) is 3.43. The lowest BCUT2D eigenvalue weighted by Gasteiger charge is -2.19. The first-order valence-electron chi connectivity index (χ1n) is 8.22. The largest absolute Gasteiger partial charge is 0.374 e. The van der Waals surface area contributed by atoms with Gasteiger partial charge in [-0.1, -0.05) is 38.5 Å². The van der Waals surface area contributed by atoms with Crippen molar-refractivity contribution in [1.29, 1.82) is 0 Å². The van der Waals surface area contributed by atoms with Crippen molar-refractivity contribution in [3.63, 3.8) is 0 Å². The molecule has 1 N–H and O–H groups in total. The molecule has 0 aliphatic rings. The Kier molecular flexibility index (Phi) is 6.15. The fourth-order valence-corrected chi connectivity index (χ4v) is 2.44. The Hall–Kier alpha value is -2.36. The van der Waals surface area contributed by atoms with Crippen LogP contribution in [0.15, 0.2) is 42.6 Å². The van der Waals surface area contributed by atoms with Gasteiger partial charge in [0.1, 0.15) is 5.69 Å². The van der Waals surface area contributed by atoms with Crippen molar-refractivity contribution in [3.8, 4) is 0 Å². The molecule has 23 heavy (non-hydrogen) atoms. The van der Waals surface area contributed by atoms with Crippen LogP contribution >= 0.6 is 0 Å². The first kappa shape index (κ1) is 17.0. The maximum atomic E-state index is 12.5. The van der Waals surface area contributed by atoms with E-state index in [1.54, 1.807) is 6.20 Å². The van der Waals surface area contributed by atoms with Crippen LogP contribution < -0.4 is 10.2 Å². The Bertz CT molecular complexity index is 655. The van der Waals surface area contributed by atoms with Gasteiger partial charge >= 0.3 is 0 Å². The molecule has 0 atom stereocenters. The molecule has 1 heterocycles. The van der Waals surface area contributed by atoms with Gasteiger partial charge in [-0.15, -0.1) is 0 Å². The summed E-state index contributed by atoms with van der Waals surface area (Å²) in [6, 6.07) is 11.6. The van der Waals surface area contributed by atoms with Crippen molar-refractivity contribution in [3.05, 3.63) is 53.9 Å². The zero-order chi connectivity index (χ0) is 16.7. The minimum Gasteiger partial charge on any atom is -0.374 e. The Morgan fingerprint density at radius 1 is 1.22 bits per heavy atom. The number of pyridine rings is 1. The van der Waals surface area contributed by atoms with Gasteiger partial charge in [-0.25, -0.2) is 0 Å². The molecule has 4 nitrogen and oxygen atoms in total. The van der Waals surface area contributed by atoms with E-state index in [4.69, 9.17) is 0 Å². The summed E-state index contributed by atoms with van der Waals surface area (Å²) in [6.45, 7) is 5.22. The topological polar surface area (TPSA) is 45.2 Å². The monoisotopic (exact) mass is 311 g/mol. The smallest absolute Gasteiger partial charge is 0.274 e. The molecule has 0 spiro atoms. The Balaban J connectivity index is 2.13. The zero-order valence-corrected chi connectivity index (χ0v) is 14.2. The second-order valence-electron chi connectivity index (χ2n) is 5.64. The highest BCUT2D eigenvalue weighted by molar-refractivity contribution is 6.03. The van der Waals surface area contributed by atoms with E-state index < -0.39 is 0 Å². The molecule has 1 amide bonds. The molecule has 1 aromatic heterocycles. The molecule has 0 bridgehead atoms. The van der Waals surface area contributed by atoms with Crippen molar-refractivity contribution in [2.45, 2.75) is 33.1 Å². The van der Waals surface area contributed by atoms with Crippen LogP contribution in [0.1, 0.15) is 42.7 Å². The Morgan fingerprint density at radius 2 is 2.00 bits per heavy atom. The van der Waals surface area contributed by atoms with Crippen molar-refractivity contribution in [1.82, 2.24) is 4.98 Å². The number of unbranched alkanes of at least 4 members (excludes halogenated alkanes) is 1. The number of para-hydroxylation sites is 1. The molecule has 122 valence electrons. The van der Waals surface area contributed by atoms with Gasteiger partial charge in [0.25, 0.3) is 5.91 Å². The average Bonchev–Trinajstić information content (AvgIpc) is 2.60. The van der Waals surface area contributed by atoms with Crippen LogP contribution in [0.4, 0.5) is 11.4 Å². The molecule has 0 radical (unpaired) electrons. The third-order valence-electron chi connectivity index (χ3n) is 3.91. The number of hydrogen-bond donors (Lipinski definition) is 1. The van der Waals surface area contributed by atoms with Crippen molar-refractivity contribution in [2.75, 3.05) is 23.8 Å². The Morgan fingerprint density at radius 3 is 2.74 bits per heavy atom. The third kappa shape index (κ3) is 4.55. The van der Waals surface area contributed by atoms with Crippen LogP contribution in [0, 0.1) is 0 Å². The standard InChI is InChI=1S/C19H25N3O/c1-4-6-13-22(3)16-11-12-20-18(14-16)19(23)21-17-10-8-7-9-15(17)5-2/h7-12,14H,4-6,13H2,1-3H3,(H,21,23). The summed E-state index contributed by atoms with van der Waals surface area (Å²) in [4.78, 5) is 18.8. The molecule has 2 rings (SSSR count). The molecular weight excluding hydrogens is 286 g/mol. The van der Waals surface area contributed by atoms with E-state index in [2.05, 4.69) is 29.0 Å². The summed E-state index contributed by atoms with van der Waals surface area (Å²) < 4.78 is 0. The molecule has 0 saturated heterocycles. The first-order valence-corrected chi connectivity index (χ1v) is 8.22. The number of carbonyl (C=O) groups excluding carboxylic acids is 1. The molecule has 1 aromatic carbocycles. The van der Waals surface area contributed by atoms with Crippen molar-refractivity contribution >= 4 is 17.3 Å². The molecule has 0 saturated carbocycles. The van der Waals surface area contributed by atoms with Gasteiger partial charge in [0, 0.05) is 31.2 Å². The van der Waals surface area contributed by atoms with Crippen LogP contribution in [0.5, 0.6) is 0 Å². The normalized spacial score (nSPS) is 10.4. The van der Waals surface area contributed by atoms with Gasteiger partial charge in [0.2, 0.25) is 0 Å². The van der Waals surface area contributed by atoms with E-state index in [0.29, 0.717) is 5.69 Å². The second kappa shape index (κ2) is 8.32. The van der Waals surface area contributed by atoms with Crippen LogP contribution in [-0.4, -0.2) is 24.5 Å². The fraction of sp³-hybridized carbons (Fsp3) is 0.368. The maximum Gasteiger partial charge on any atom is 0.274 e. The quantitative estimate of drug-likeness (QED) is 0.836. The molecule has 0 aliphatic carbocycles. The number of anilines is 2. The van der Waals surface area contributed by atoms with E-state index in [1.165, 1.54) is 0 Å². The lowest BCUT2D eigenvalue weighted by atomic mass is 10.1. The van der Waals surface area contributed by atoms with Crippen molar-refractivity contribution in [2.24, 2.45) is 0 Å². The molecule has 0 fully saturated rings. The predicted octanol–water partition coefficient (Wildman–Crippen LogP) is 4.13. The Labute approximate surface area is 138 Å². The number of aryl methyl sites for hydroxylation is 1. The van der Waals surface area contributed by atoms with Crippen LogP contribution in [0.3, 0.4) is 0 Å². The molecule has 0 unspecified atom stereocenters. The number of benzene rings is 1. The van der Waals surface area contributed by atoms with Crippen LogP contribution in [0.25, 0.3) is 0 Å². The average molecular weight is 311 g/mol. The predicted molar refractivity (Wildman–Crippen MR) is 96.2 cm³/mol. The number of carbonyl (C=O) groups is 1. The lowest BCUT2D eigenvalue weighted by molar-refractivity contribution is 0.102. The van der Waals surface area contributed by atoms with Gasteiger partial charge in [-0.05, 0) is 36.6 Å². The highest BCUT2D eigenvalue weighted by atomic mass is 16.1. The highest BCUT2D eigenvalue weighted by Crippen LogP contribution is 2.18. The van der Waals surface area contributed by atoms with Gasteiger partial charge in [-0.3, -0.25) is 9.78 Å². The summed E-state index contributed by atoms with van der Waals surface area (Å²) >= 11 is 0. The molecular formula is C19H25N3O.